The first-order valence-corrected chi connectivity index (χ1v) is 7.92. The summed E-state index contributed by atoms with van der Waals surface area (Å²) >= 11 is 0. The summed E-state index contributed by atoms with van der Waals surface area (Å²) in [7, 11) is 5.85. The van der Waals surface area contributed by atoms with Crippen LogP contribution in [0.2, 0.25) is 0 Å². The van der Waals surface area contributed by atoms with Gasteiger partial charge in [0.25, 0.3) is 0 Å². The molecule has 1 aromatic heterocycles. The first-order chi connectivity index (χ1) is 11.0. The van der Waals surface area contributed by atoms with Crippen molar-refractivity contribution in [1.29, 1.82) is 0 Å². The Hall–Kier alpha value is -2.14. The van der Waals surface area contributed by atoms with Gasteiger partial charge >= 0.3 is 0 Å². The minimum absolute atomic E-state index is 0.106. The average Bonchev–Trinajstić information content (AvgIpc) is 2.91. The molecule has 2 rings (SSSR count). The Morgan fingerprint density at radius 2 is 2.00 bits per heavy atom. The summed E-state index contributed by atoms with van der Waals surface area (Å²) in [6.45, 7) is 5.23. The van der Waals surface area contributed by atoms with Crippen LogP contribution in [0.3, 0.4) is 0 Å². The summed E-state index contributed by atoms with van der Waals surface area (Å²) in [6.07, 6.45) is 3.66. The van der Waals surface area contributed by atoms with Gasteiger partial charge in [-0.2, -0.15) is 0 Å². The minimum Gasteiger partial charge on any atom is -0.337 e. The van der Waals surface area contributed by atoms with E-state index < -0.39 is 0 Å². The molecule has 1 heterocycles. The van der Waals surface area contributed by atoms with Crippen LogP contribution in [0.5, 0.6) is 0 Å². The van der Waals surface area contributed by atoms with Gasteiger partial charge < -0.3 is 9.47 Å². The Morgan fingerprint density at radius 3 is 2.52 bits per heavy atom. The number of carbonyl (C=O) groups is 1. The zero-order chi connectivity index (χ0) is 17.0. The van der Waals surface area contributed by atoms with E-state index in [2.05, 4.69) is 4.98 Å². The molecule has 0 spiro atoms. The molecule has 0 unspecified atom stereocenters. The molecule has 23 heavy (non-hydrogen) atoms. The quantitative estimate of drug-likeness (QED) is 0.822. The molecule has 0 saturated carbocycles. The van der Waals surface area contributed by atoms with Crippen molar-refractivity contribution in [2.75, 3.05) is 20.6 Å². The van der Waals surface area contributed by atoms with Gasteiger partial charge in [0.05, 0.1) is 6.54 Å². The van der Waals surface area contributed by atoms with E-state index in [1.165, 1.54) is 0 Å². The van der Waals surface area contributed by atoms with Crippen LogP contribution in [0.25, 0.3) is 0 Å². The monoisotopic (exact) mass is 314 g/mol. The van der Waals surface area contributed by atoms with Gasteiger partial charge in [0, 0.05) is 26.0 Å². The third-order valence-corrected chi connectivity index (χ3v) is 4.18. The number of aromatic nitrogens is 2. The topological polar surface area (TPSA) is 41.4 Å². The minimum atomic E-state index is -0.281. The van der Waals surface area contributed by atoms with E-state index in [-0.39, 0.29) is 11.9 Å². The van der Waals surface area contributed by atoms with E-state index in [9.17, 15) is 4.79 Å². The molecule has 1 atom stereocenters. The Kier molecular flexibility index (Phi) is 5.55. The summed E-state index contributed by atoms with van der Waals surface area (Å²) in [5.41, 5.74) is 2.19. The second kappa shape index (κ2) is 7.42. The van der Waals surface area contributed by atoms with Gasteiger partial charge in [-0.05, 0) is 39.1 Å². The first-order valence-electron chi connectivity index (χ1n) is 7.92. The van der Waals surface area contributed by atoms with E-state index in [1.54, 1.807) is 6.20 Å². The van der Waals surface area contributed by atoms with Gasteiger partial charge in [-0.25, -0.2) is 4.98 Å². The summed E-state index contributed by atoms with van der Waals surface area (Å²) in [6, 6.07) is 7.79. The Bertz CT molecular complexity index is 663. The normalized spacial score (nSPS) is 12.4. The van der Waals surface area contributed by atoms with E-state index in [4.69, 9.17) is 0 Å². The number of likely N-dealkylation sites (N-methyl/N-ethyl adjacent to an activating group) is 2. The number of amides is 1. The molecule has 0 aliphatic rings. The van der Waals surface area contributed by atoms with Crippen molar-refractivity contribution in [3.8, 4) is 0 Å². The zero-order valence-corrected chi connectivity index (χ0v) is 14.7. The van der Waals surface area contributed by atoms with Crippen molar-refractivity contribution in [3.05, 3.63) is 53.6 Å². The number of imidazole rings is 1. The highest BCUT2D eigenvalue weighted by molar-refractivity contribution is 5.83. The maximum atomic E-state index is 13.2. The van der Waals surface area contributed by atoms with Crippen molar-refractivity contribution in [1.82, 2.24) is 19.4 Å². The predicted octanol–water partition coefficient (Wildman–Crippen LogP) is 2.38. The number of rotatable bonds is 6. The van der Waals surface area contributed by atoms with E-state index in [0.29, 0.717) is 13.1 Å². The molecule has 0 aliphatic carbocycles. The smallest absolute Gasteiger partial charge is 0.244 e. The fourth-order valence-electron chi connectivity index (χ4n) is 2.76. The predicted molar refractivity (Wildman–Crippen MR) is 91.9 cm³/mol. The van der Waals surface area contributed by atoms with Crippen LogP contribution >= 0.6 is 0 Å². The van der Waals surface area contributed by atoms with Crippen molar-refractivity contribution in [2.45, 2.75) is 26.4 Å². The van der Waals surface area contributed by atoms with E-state index in [1.807, 2.05) is 79.8 Å². The van der Waals surface area contributed by atoms with Crippen molar-refractivity contribution < 1.29 is 4.79 Å². The van der Waals surface area contributed by atoms with Crippen LogP contribution in [0.15, 0.2) is 36.7 Å². The molecule has 1 aromatic carbocycles. The van der Waals surface area contributed by atoms with E-state index in [0.717, 1.165) is 17.0 Å². The summed E-state index contributed by atoms with van der Waals surface area (Å²) in [5.74, 6) is 0.997. The lowest BCUT2D eigenvalue weighted by atomic mass is 9.99. The number of aryl methyl sites for hydroxylation is 2. The lowest BCUT2D eigenvalue weighted by Gasteiger charge is -2.31. The molecule has 0 aliphatic heterocycles. The zero-order valence-electron chi connectivity index (χ0n) is 14.7. The largest absolute Gasteiger partial charge is 0.337 e. The van der Waals surface area contributed by atoms with Crippen molar-refractivity contribution in [2.24, 2.45) is 7.05 Å². The maximum absolute atomic E-state index is 13.2. The van der Waals surface area contributed by atoms with Gasteiger partial charge in [0.2, 0.25) is 5.91 Å². The Morgan fingerprint density at radius 1 is 1.30 bits per heavy atom. The maximum Gasteiger partial charge on any atom is 0.244 e. The van der Waals surface area contributed by atoms with Gasteiger partial charge in [-0.3, -0.25) is 9.69 Å². The highest BCUT2D eigenvalue weighted by atomic mass is 16.2. The van der Waals surface area contributed by atoms with Gasteiger partial charge in [-0.15, -0.1) is 0 Å². The second-order valence-corrected chi connectivity index (χ2v) is 6.03. The molecule has 124 valence electrons. The van der Waals surface area contributed by atoms with Crippen LogP contribution in [0.1, 0.15) is 29.9 Å². The molecule has 1 amide bonds. The third kappa shape index (κ3) is 3.79. The van der Waals surface area contributed by atoms with Crippen LogP contribution in [-0.4, -0.2) is 45.9 Å². The number of hydrogen-bond donors (Lipinski definition) is 0. The molecule has 5 nitrogen and oxygen atoms in total. The third-order valence-electron chi connectivity index (χ3n) is 4.18. The SMILES string of the molecule is CCN(Cc1nccn1C)C(=O)[C@H](c1ccccc1C)N(C)C. The van der Waals surface area contributed by atoms with Gasteiger partial charge in [0.1, 0.15) is 11.9 Å². The first kappa shape index (κ1) is 17.2. The van der Waals surface area contributed by atoms with Gasteiger partial charge in [0.15, 0.2) is 0 Å². The summed E-state index contributed by atoms with van der Waals surface area (Å²) in [4.78, 5) is 21.3. The fraction of sp³-hybridized carbons (Fsp3) is 0.444. The molecular weight excluding hydrogens is 288 g/mol. The number of nitrogens with zero attached hydrogens (tertiary/aromatic N) is 4. The molecular formula is C18H26N4O. The molecule has 2 aromatic rings. The van der Waals surface area contributed by atoms with Crippen LogP contribution < -0.4 is 0 Å². The fourth-order valence-corrected chi connectivity index (χ4v) is 2.76. The molecule has 0 fully saturated rings. The summed E-state index contributed by atoms with van der Waals surface area (Å²) < 4.78 is 1.95. The summed E-state index contributed by atoms with van der Waals surface area (Å²) in [5, 5.41) is 0. The molecule has 0 saturated heterocycles. The van der Waals surface area contributed by atoms with Crippen LogP contribution in [-0.2, 0) is 18.4 Å². The number of benzene rings is 1. The molecule has 0 N–H and O–H groups in total. The highest BCUT2D eigenvalue weighted by Gasteiger charge is 2.28. The second-order valence-electron chi connectivity index (χ2n) is 6.03. The standard InChI is InChI=1S/C18H26N4O/c1-6-22(13-16-19-11-12-21(16)5)18(23)17(20(3)4)15-10-8-7-9-14(15)2/h7-12,17H,6,13H2,1-5H3/t17-/m0/s1. The van der Waals surface area contributed by atoms with Crippen LogP contribution in [0.4, 0.5) is 0 Å². The number of hydrogen-bond acceptors (Lipinski definition) is 3. The molecule has 0 radical (unpaired) electrons. The van der Waals surface area contributed by atoms with Crippen molar-refractivity contribution >= 4 is 5.91 Å². The molecule has 5 heteroatoms. The molecule has 0 bridgehead atoms. The van der Waals surface area contributed by atoms with Crippen LogP contribution in [0, 0.1) is 6.92 Å². The Labute approximate surface area is 138 Å². The average molecular weight is 314 g/mol. The lowest BCUT2D eigenvalue weighted by molar-refractivity contribution is -0.137. The number of carbonyl (C=O) groups excluding carboxylic acids is 1. The highest BCUT2D eigenvalue weighted by Crippen LogP contribution is 2.24. The van der Waals surface area contributed by atoms with Gasteiger partial charge in [-0.1, -0.05) is 24.3 Å². The lowest BCUT2D eigenvalue weighted by Crippen LogP contribution is -2.40. The van der Waals surface area contributed by atoms with Crippen molar-refractivity contribution in [3.63, 3.8) is 0 Å². The van der Waals surface area contributed by atoms with E-state index >= 15 is 0 Å². The Balaban J connectivity index is 2.29.